The van der Waals surface area contributed by atoms with Gasteiger partial charge in [0, 0.05) is 19.3 Å². The van der Waals surface area contributed by atoms with Crippen molar-refractivity contribution >= 4 is 11.7 Å². The first-order chi connectivity index (χ1) is 12.4. The van der Waals surface area contributed by atoms with Crippen LogP contribution >= 0.6 is 0 Å². The molecule has 1 aliphatic heterocycles. The zero-order valence-corrected chi connectivity index (χ0v) is 15.0. The van der Waals surface area contributed by atoms with Crippen molar-refractivity contribution in [1.29, 1.82) is 0 Å². The number of furan rings is 1. The van der Waals surface area contributed by atoms with Crippen LogP contribution in [0.4, 0.5) is 0 Å². The minimum Gasteiger partial charge on any atom is -0.503 e. The van der Waals surface area contributed by atoms with Crippen LogP contribution in [-0.4, -0.2) is 58.8 Å². The van der Waals surface area contributed by atoms with E-state index < -0.39 is 23.5 Å². The van der Waals surface area contributed by atoms with E-state index in [1.807, 2.05) is 19.0 Å². The van der Waals surface area contributed by atoms with E-state index in [1.165, 1.54) is 4.90 Å². The summed E-state index contributed by atoms with van der Waals surface area (Å²) in [5.74, 6) is -0.955. The fraction of sp³-hybridized carbons (Fsp3) is 0.316. The normalized spacial score (nSPS) is 17.5. The van der Waals surface area contributed by atoms with Gasteiger partial charge in [-0.15, -0.1) is 0 Å². The molecule has 1 atom stereocenters. The number of likely N-dealkylation sites (N-methyl/N-ethyl adjacent to an activating group) is 1. The number of nitrogens with zero attached hydrogens (tertiary/aromatic N) is 3. The van der Waals surface area contributed by atoms with Crippen LogP contribution in [-0.2, 0) is 4.79 Å². The van der Waals surface area contributed by atoms with Gasteiger partial charge in [-0.2, -0.15) is 0 Å². The number of aromatic nitrogens is 1. The zero-order valence-electron chi connectivity index (χ0n) is 15.0. The number of aliphatic hydroxyl groups is 1. The highest BCUT2D eigenvalue weighted by atomic mass is 16.3. The van der Waals surface area contributed by atoms with Gasteiger partial charge in [-0.05, 0) is 45.3 Å². The Morgan fingerprint density at radius 2 is 2.08 bits per heavy atom. The maximum atomic E-state index is 13.0. The van der Waals surface area contributed by atoms with Crippen LogP contribution in [0.15, 0.2) is 52.3 Å². The molecule has 3 heterocycles. The fourth-order valence-electron chi connectivity index (χ4n) is 2.96. The van der Waals surface area contributed by atoms with E-state index in [9.17, 15) is 14.7 Å². The zero-order chi connectivity index (χ0) is 18.8. The van der Waals surface area contributed by atoms with Gasteiger partial charge in [-0.1, -0.05) is 6.07 Å². The smallest absolute Gasteiger partial charge is 0.290 e. The molecule has 1 aliphatic rings. The maximum Gasteiger partial charge on any atom is 0.290 e. The number of Topliss-reactive ketones (excluding diaryl/α,β-unsaturated/α-hetero) is 1. The molecule has 0 aliphatic carbocycles. The molecule has 1 unspecified atom stereocenters. The lowest BCUT2D eigenvalue weighted by Gasteiger charge is -2.27. The van der Waals surface area contributed by atoms with Gasteiger partial charge >= 0.3 is 0 Å². The Morgan fingerprint density at radius 1 is 1.31 bits per heavy atom. The Balaban J connectivity index is 2.04. The molecule has 26 heavy (non-hydrogen) atoms. The Bertz CT molecular complexity index is 855. The quantitative estimate of drug-likeness (QED) is 0.799. The van der Waals surface area contributed by atoms with Crippen molar-refractivity contribution in [2.45, 2.75) is 13.0 Å². The van der Waals surface area contributed by atoms with Crippen LogP contribution in [0.3, 0.4) is 0 Å². The molecule has 2 aromatic heterocycles. The summed E-state index contributed by atoms with van der Waals surface area (Å²) in [5, 5.41) is 10.4. The minimum absolute atomic E-state index is 0.00167. The summed E-state index contributed by atoms with van der Waals surface area (Å²) in [4.78, 5) is 33.3. The number of hydrogen-bond acceptors (Lipinski definition) is 6. The summed E-state index contributed by atoms with van der Waals surface area (Å²) < 4.78 is 5.41. The van der Waals surface area contributed by atoms with Crippen molar-refractivity contribution in [3.63, 3.8) is 0 Å². The molecule has 136 valence electrons. The van der Waals surface area contributed by atoms with Crippen LogP contribution in [0.25, 0.3) is 0 Å². The van der Waals surface area contributed by atoms with Crippen LogP contribution in [0, 0.1) is 6.92 Å². The molecule has 0 aromatic carbocycles. The van der Waals surface area contributed by atoms with Gasteiger partial charge in [-0.25, -0.2) is 0 Å². The second kappa shape index (κ2) is 7.13. The first kappa shape index (κ1) is 17.9. The first-order valence-corrected chi connectivity index (χ1v) is 8.31. The molecular weight excluding hydrogens is 334 g/mol. The van der Waals surface area contributed by atoms with Crippen molar-refractivity contribution in [2.75, 3.05) is 27.2 Å². The Kier molecular flexibility index (Phi) is 4.90. The number of rotatable bonds is 6. The summed E-state index contributed by atoms with van der Waals surface area (Å²) in [6.45, 7) is 2.67. The number of aryl methyl sites for hydroxylation is 1. The fourth-order valence-corrected chi connectivity index (χ4v) is 2.96. The van der Waals surface area contributed by atoms with Crippen molar-refractivity contribution in [1.82, 2.24) is 14.8 Å². The van der Waals surface area contributed by atoms with Gasteiger partial charge in [0.2, 0.25) is 5.78 Å². The predicted molar refractivity (Wildman–Crippen MR) is 94.7 cm³/mol. The highest BCUT2D eigenvalue weighted by Gasteiger charge is 2.44. The molecule has 3 rings (SSSR count). The third-order valence-corrected chi connectivity index (χ3v) is 4.27. The molecule has 7 nitrogen and oxygen atoms in total. The van der Waals surface area contributed by atoms with E-state index in [0.29, 0.717) is 24.5 Å². The lowest BCUT2D eigenvalue weighted by atomic mass is 9.98. The summed E-state index contributed by atoms with van der Waals surface area (Å²) >= 11 is 0. The van der Waals surface area contributed by atoms with Gasteiger partial charge in [-0.3, -0.25) is 14.6 Å². The third-order valence-electron chi connectivity index (χ3n) is 4.27. The Morgan fingerprint density at radius 3 is 2.65 bits per heavy atom. The molecule has 1 N–H and O–H groups in total. The van der Waals surface area contributed by atoms with Crippen molar-refractivity contribution in [3.05, 3.63) is 65.1 Å². The molecule has 0 bridgehead atoms. The summed E-state index contributed by atoms with van der Waals surface area (Å²) in [6.07, 6.45) is 1.60. The molecule has 0 radical (unpaired) electrons. The summed E-state index contributed by atoms with van der Waals surface area (Å²) in [6, 6.07) is 7.74. The molecule has 0 spiro atoms. The first-order valence-electron chi connectivity index (χ1n) is 8.31. The SMILES string of the molecule is Cc1ccc(C(=O)C2=C(O)C(=O)N(CCN(C)C)C2c2ccccn2)o1. The Labute approximate surface area is 151 Å². The highest BCUT2D eigenvalue weighted by Crippen LogP contribution is 2.38. The number of hydrogen-bond donors (Lipinski definition) is 1. The van der Waals surface area contributed by atoms with E-state index in [2.05, 4.69) is 4.98 Å². The van der Waals surface area contributed by atoms with Crippen molar-refractivity contribution in [2.24, 2.45) is 0 Å². The average Bonchev–Trinajstić information content (AvgIpc) is 3.16. The molecular formula is C19H21N3O4. The number of carbonyl (C=O) groups excluding carboxylic acids is 2. The number of amides is 1. The lowest BCUT2D eigenvalue weighted by Crippen LogP contribution is -2.37. The van der Waals surface area contributed by atoms with E-state index >= 15 is 0 Å². The van der Waals surface area contributed by atoms with E-state index in [0.717, 1.165) is 0 Å². The van der Waals surface area contributed by atoms with Crippen LogP contribution in [0.5, 0.6) is 0 Å². The van der Waals surface area contributed by atoms with Crippen molar-refractivity contribution < 1.29 is 19.1 Å². The molecule has 0 saturated carbocycles. The molecule has 1 amide bonds. The standard InChI is InChI=1S/C19H21N3O4/c1-12-7-8-14(26-12)17(23)15-16(13-6-4-5-9-20-13)22(11-10-21(2)3)19(25)18(15)24/h4-9,16,24H,10-11H2,1-3H3. The highest BCUT2D eigenvalue weighted by molar-refractivity contribution is 6.14. The van der Waals surface area contributed by atoms with Crippen molar-refractivity contribution in [3.8, 4) is 0 Å². The third kappa shape index (κ3) is 3.25. The number of aliphatic hydroxyl groups excluding tert-OH is 1. The lowest BCUT2D eigenvalue weighted by molar-refractivity contribution is -0.129. The predicted octanol–water partition coefficient (Wildman–Crippen LogP) is 2.12. The summed E-state index contributed by atoms with van der Waals surface area (Å²) in [7, 11) is 3.78. The van der Waals surface area contributed by atoms with Crippen LogP contribution in [0.2, 0.25) is 0 Å². The van der Waals surface area contributed by atoms with Gasteiger partial charge < -0.3 is 19.3 Å². The van der Waals surface area contributed by atoms with Gasteiger partial charge in [0.15, 0.2) is 11.5 Å². The second-order valence-corrected chi connectivity index (χ2v) is 6.46. The average molecular weight is 355 g/mol. The minimum atomic E-state index is -0.749. The number of carbonyl (C=O) groups is 2. The summed E-state index contributed by atoms with van der Waals surface area (Å²) in [5.41, 5.74) is 0.525. The van der Waals surface area contributed by atoms with Gasteiger partial charge in [0.05, 0.1) is 11.3 Å². The van der Waals surface area contributed by atoms with Gasteiger partial charge in [0.1, 0.15) is 11.8 Å². The Hall–Kier alpha value is -2.93. The topological polar surface area (TPSA) is 86.9 Å². The molecule has 7 heteroatoms. The second-order valence-electron chi connectivity index (χ2n) is 6.46. The molecule has 0 fully saturated rings. The molecule has 2 aromatic rings. The van der Waals surface area contributed by atoms with E-state index in [1.54, 1.807) is 43.5 Å². The number of pyridine rings is 1. The van der Waals surface area contributed by atoms with Crippen LogP contribution < -0.4 is 0 Å². The van der Waals surface area contributed by atoms with E-state index in [4.69, 9.17) is 4.42 Å². The van der Waals surface area contributed by atoms with Gasteiger partial charge in [0.25, 0.3) is 5.91 Å². The molecule has 0 saturated heterocycles. The largest absolute Gasteiger partial charge is 0.503 e. The van der Waals surface area contributed by atoms with E-state index in [-0.39, 0.29) is 11.3 Å². The van der Waals surface area contributed by atoms with Crippen LogP contribution in [0.1, 0.15) is 28.1 Å². The maximum absolute atomic E-state index is 13.0. The monoisotopic (exact) mass is 355 g/mol. The number of ketones is 1.